The molecule has 1 aliphatic rings. The zero-order valence-corrected chi connectivity index (χ0v) is 9.06. The van der Waals surface area contributed by atoms with E-state index >= 15 is 0 Å². The van der Waals surface area contributed by atoms with Crippen LogP contribution in [0.15, 0.2) is 16.5 Å². The first-order valence-corrected chi connectivity index (χ1v) is 5.19. The van der Waals surface area contributed by atoms with Crippen LogP contribution in [0, 0.1) is 12.8 Å². The molecule has 0 saturated carbocycles. The van der Waals surface area contributed by atoms with Gasteiger partial charge in [0.1, 0.15) is 5.76 Å². The van der Waals surface area contributed by atoms with E-state index in [9.17, 15) is 4.79 Å². The molecule has 1 aliphatic heterocycles. The highest BCUT2D eigenvalue weighted by Gasteiger charge is 2.31. The van der Waals surface area contributed by atoms with Gasteiger partial charge in [-0.1, -0.05) is 6.92 Å². The fourth-order valence-electron chi connectivity index (χ4n) is 1.86. The van der Waals surface area contributed by atoms with Crippen molar-refractivity contribution in [1.82, 2.24) is 4.90 Å². The number of amides is 1. The third-order valence-electron chi connectivity index (χ3n) is 2.91. The van der Waals surface area contributed by atoms with Crippen molar-refractivity contribution in [2.24, 2.45) is 11.7 Å². The molecule has 82 valence electrons. The summed E-state index contributed by atoms with van der Waals surface area (Å²) in [5.41, 5.74) is 5.87. The average Bonchev–Trinajstić information content (AvgIpc) is 2.74. The Morgan fingerprint density at radius 3 is 2.73 bits per heavy atom. The van der Waals surface area contributed by atoms with Gasteiger partial charge in [-0.25, -0.2) is 0 Å². The minimum Gasteiger partial charge on any atom is -0.456 e. The van der Waals surface area contributed by atoms with Crippen LogP contribution in [0.25, 0.3) is 0 Å². The van der Waals surface area contributed by atoms with E-state index < -0.39 is 0 Å². The van der Waals surface area contributed by atoms with E-state index in [2.05, 4.69) is 6.92 Å². The van der Waals surface area contributed by atoms with Gasteiger partial charge in [-0.05, 0) is 25.0 Å². The molecule has 15 heavy (non-hydrogen) atoms. The molecule has 4 nitrogen and oxygen atoms in total. The number of furan rings is 1. The monoisotopic (exact) mass is 208 g/mol. The van der Waals surface area contributed by atoms with Gasteiger partial charge >= 0.3 is 0 Å². The molecule has 0 aromatic carbocycles. The smallest absolute Gasteiger partial charge is 0.289 e. The van der Waals surface area contributed by atoms with Crippen molar-refractivity contribution in [1.29, 1.82) is 0 Å². The summed E-state index contributed by atoms with van der Waals surface area (Å²) in [4.78, 5) is 13.7. The van der Waals surface area contributed by atoms with Crippen molar-refractivity contribution in [2.75, 3.05) is 13.1 Å². The van der Waals surface area contributed by atoms with Crippen molar-refractivity contribution in [3.63, 3.8) is 0 Å². The zero-order chi connectivity index (χ0) is 11.0. The number of nitrogens with zero attached hydrogens (tertiary/aromatic N) is 1. The minimum absolute atomic E-state index is 0.0529. The first-order valence-electron chi connectivity index (χ1n) is 5.19. The molecule has 1 saturated heterocycles. The summed E-state index contributed by atoms with van der Waals surface area (Å²) in [6.07, 6.45) is 0. The third kappa shape index (κ3) is 1.90. The van der Waals surface area contributed by atoms with E-state index in [0.29, 0.717) is 18.2 Å². The van der Waals surface area contributed by atoms with Gasteiger partial charge in [-0.2, -0.15) is 0 Å². The number of carbonyl (C=O) groups is 1. The second-order valence-electron chi connectivity index (χ2n) is 4.26. The van der Waals surface area contributed by atoms with Crippen molar-refractivity contribution in [3.8, 4) is 0 Å². The van der Waals surface area contributed by atoms with Gasteiger partial charge < -0.3 is 15.1 Å². The quantitative estimate of drug-likeness (QED) is 0.749. The van der Waals surface area contributed by atoms with Gasteiger partial charge in [0.2, 0.25) is 0 Å². The van der Waals surface area contributed by atoms with Crippen molar-refractivity contribution in [2.45, 2.75) is 19.9 Å². The lowest BCUT2D eigenvalue weighted by Crippen LogP contribution is -2.31. The predicted octanol–water partition coefficient (Wildman–Crippen LogP) is 1.01. The summed E-state index contributed by atoms with van der Waals surface area (Å²) in [6.45, 7) is 5.24. The predicted molar refractivity (Wildman–Crippen MR) is 56.5 cm³/mol. The summed E-state index contributed by atoms with van der Waals surface area (Å²) >= 11 is 0. The Morgan fingerprint density at radius 1 is 1.53 bits per heavy atom. The van der Waals surface area contributed by atoms with Gasteiger partial charge in [0, 0.05) is 19.1 Å². The molecular formula is C11H16N2O2. The van der Waals surface area contributed by atoms with Crippen molar-refractivity contribution < 1.29 is 9.21 Å². The molecule has 0 radical (unpaired) electrons. The molecule has 0 aliphatic carbocycles. The number of likely N-dealkylation sites (tertiary alicyclic amines) is 1. The first kappa shape index (κ1) is 10.2. The molecule has 2 N–H and O–H groups in total. The molecule has 0 bridgehead atoms. The van der Waals surface area contributed by atoms with E-state index in [-0.39, 0.29) is 11.9 Å². The van der Waals surface area contributed by atoms with E-state index in [0.717, 1.165) is 12.3 Å². The average molecular weight is 208 g/mol. The molecule has 2 atom stereocenters. The minimum atomic E-state index is -0.0529. The third-order valence-corrected chi connectivity index (χ3v) is 2.91. The Hall–Kier alpha value is -1.29. The summed E-state index contributed by atoms with van der Waals surface area (Å²) in [5, 5.41) is 0. The summed E-state index contributed by atoms with van der Waals surface area (Å²) in [7, 11) is 0. The number of nitrogens with two attached hydrogens (primary N) is 1. The molecule has 2 unspecified atom stereocenters. The maximum Gasteiger partial charge on any atom is 0.289 e. The van der Waals surface area contributed by atoms with E-state index in [1.165, 1.54) is 0 Å². The number of hydrogen-bond donors (Lipinski definition) is 1. The van der Waals surface area contributed by atoms with Crippen LogP contribution >= 0.6 is 0 Å². The Balaban J connectivity index is 2.10. The number of carbonyl (C=O) groups excluding carboxylic acids is 1. The Kier molecular flexibility index (Phi) is 2.52. The van der Waals surface area contributed by atoms with Crippen molar-refractivity contribution >= 4 is 5.91 Å². The topological polar surface area (TPSA) is 59.5 Å². The lowest BCUT2D eigenvalue weighted by atomic mass is 10.1. The van der Waals surface area contributed by atoms with Crippen LogP contribution in [-0.2, 0) is 0 Å². The lowest BCUT2D eigenvalue weighted by molar-refractivity contribution is 0.0754. The molecule has 1 aromatic heterocycles. The summed E-state index contributed by atoms with van der Waals surface area (Å²) in [5.74, 6) is 1.48. The highest BCUT2D eigenvalue weighted by atomic mass is 16.3. The molecule has 1 amide bonds. The van der Waals surface area contributed by atoms with Gasteiger partial charge in [0.15, 0.2) is 5.76 Å². The second kappa shape index (κ2) is 3.70. The van der Waals surface area contributed by atoms with Gasteiger partial charge in [-0.3, -0.25) is 4.79 Å². The fourth-order valence-corrected chi connectivity index (χ4v) is 1.86. The normalized spacial score (nSPS) is 25.9. The Morgan fingerprint density at radius 2 is 2.27 bits per heavy atom. The Bertz CT molecular complexity index is 362. The van der Waals surface area contributed by atoms with Crippen LogP contribution in [0.5, 0.6) is 0 Å². The van der Waals surface area contributed by atoms with Crippen LogP contribution in [0.3, 0.4) is 0 Å². The van der Waals surface area contributed by atoms with E-state index in [1.54, 1.807) is 17.0 Å². The van der Waals surface area contributed by atoms with Gasteiger partial charge in [0.05, 0.1) is 0 Å². The second-order valence-corrected chi connectivity index (χ2v) is 4.26. The summed E-state index contributed by atoms with van der Waals surface area (Å²) in [6, 6.07) is 3.60. The Labute approximate surface area is 89.0 Å². The van der Waals surface area contributed by atoms with Gasteiger partial charge in [0.25, 0.3) is 5.91 Å². The lowest BCUT2D eigenvalue weighted by Gasteiger charge is -2.13. The highest BCUT2D eigenvalue weighted by Crippen LogP contribution is 2.18. The largest absolute Gasteiger partial charge is 0.456 e. The van der Waals surface area contributed by atoms with Crippen molar-refractivity contribution in [3.05, 3.63) is 23.7 Å². The summed E-state index contributed by atoms with van der Waals surface area (Å²) < 4.78 is 5.30. The zero-order valence-electron chi connectivity index (χ0n) is 9.06. The maximum absolute atomic E-state index is 11.9. The van der Waals surface area contributed by atoms with E-state index in [4.69, 9.17) is 10.2 Å². The SMILES string of the molecule is Cc1ccc(C(=O)N2CC(C)C(N)C2)o1. The fraction of sp³-hybridized carbons (Fsp3) is 0.545. The molecule has 0 spiro atoms. The first-order chi connectivity index (χ1) is 7.08. The standard InChI is InChI=1S/C11H16N2O2/c1-7-5-13(6-9(7)12)11(14)10-4-3-8(2)15-10/h3-4,7,9H,5-6,12H2,1-2H3. The van der Waals surface area contributed by atoms with Crippen LogP contribution in [0.1, 0.15) is 23.2 Å². The number of aryl methyl sites for hydroxylation is 1. The molecule has 2 rings (SSSR count). The van der Waals surface area contributed by atoms with E-state index in [1.807, 2.05) is 6.92 Å². The van der Waals surface area contributed by atoms with Crippen LogP contribution in [0.2, 0.25) is 0 Å². The molecule has 4 heteroatoms. The number of hydrogen-bond acceptors (Lipinski definition) is 3. The van der Waals surface area contributed by atoms with Crippen LogP contribution in [-0.4, -0.2) is 29.9 Å². The van der Waals surface area contributed by atoms with Gasteiger partial charge in [-0.15, -0.1) is 0 Å². The molecule has 1 aromatic rings. The molecule has 2 heterocycles. The molecule has 1 fully saturated rings. The maximum atomic E-state index is 11.9. The van der Waals surface area contributed by atoms with Crippen LogP contribution in [0.4, 0.5) is 0 Å². The molecular weight excluding hydrogens is 192 g/mol. The van der Waals surface area contributed by atoms with Crippen LogP contribution < -0.4 is 5.73 Å². The number of rotatable bonds is 1. The highest BCUT2D eigenvalue weighted by molar-refractivity contribution is 5.91.